The van der Waals surface area contributed by atoms with Gasteiger partial charge in [-0.2, -0.15) is 0 Å². The molecule has 0 N–H and O–H groups in total. The van der Waals surface area contributed by atoms with Crippen molar-refractivity contribution in [3.8, 4) is 0 Å². The Hall–Kier alpha value is -0.640. The van der Waals surface area contributed by atoms with Gasteiger partial charge in [0.15, 0.2) is 5.05 Å². The van der Waals surface area contributed by atoms with E-state index in [2.05, 4.69) is 0 Å². The van der Waals surface area contributed by atoms with Crippen molar-refractivity contribution in [1.29, 1.82) is 0 Å². The second-order valence-corrected chi connectivity index (χ2v) is 4.04. The van der Waals surface area contributed by atoms with E-state index in [0.29, 0.717) is 11.5 Å². The number of rotatable bonds is 5. The van der Waals surface area contributed by atoms with Crippen LogP contribution < -0.4 is 0 Å². The van der Waals surface area contributed by atoms with E-state index in [9.17, 15) is 4.79 Å². The Kier molecular flexibility index (Phi) is 6.45. The van der Waals surface area contributed by atoms with Crippen LogP contribution in [0.15, 0.2) is 0 Å². The van der Waals surface area contributed by atoms with Crippen LogP contribution in [0.1, 0.15) is 40.5 Å². The highest BCUT2D eigenvalue weighted by atomic mass is 32.1. The molecule has 0 spiro atoms. The Balaban J connectivity index is 4.09. The lowest BCUT2D eigenvalue weighted by Gasteiger charge is -2.21. The SMILES string of the molecule is CCCC(=O)OC(OC(C)=S)C(C)C. The summed E-state index contributed by atoms with van der Waals surface area (Å²) in [6, 6.07) is 0. The van der Waals surface area contributed by atoms with E-state index in [-0.39, 0.29) is 11.9 Å². The third-order valence-electron chi connectivity index (χ3n) is 1.53. The second kappa shape index (κ2) is 6.76. The topological polar surface area (TPSA) is 35.5 Å². The van der Waals surface area contributed by atoms with Crippen LogP contribution in [0, 0.1) is 5.92 Å². The first kappa shape index (κ1) is 13.4. The quantitative estimate of drug-likeness (QED) is 0.404. The normalized spacial score (nSPS) is 12.4. The zero-order chi connectivity index (χ0) is 11.1. The van der Waals surface area contributed by atoms with Crippen molar-refractivity contribution in [2.75, 3.05) is 0 Å². The van der Waals surface area contributed by atoms with E-state index in [0.717, 1.165) is 6.42 Å². The predicted octanol–water partition coefficient (Wildman–Crippen LogP) is 2.68. The minimum atomic E-state index is -0.549. The molecule has 0 aromatic heterocycles. The number of carbonyl (C=O) groups is 1. The van der Waals surface area contributed by atoms with Crippen molar-refractivity contribution in [2.45, 2.75) is 46.8 Å². The smallest absolute Gasteiger partial charge is 0.308 e. The fraction of sp³-hybridized carbons (Fsp3) is 0.800. The van der Waals surface area contributed by atoms with E-state index in [1.165, 1.54) is 0 Å². The Morgan fingerprint density at radius 3 is 2.29 bits per heavy atom. The number of ether oxygens (including phenoxy) is 2. The second-order valence-electron chi connectivity index (χ2n) is 3.46. The standard InChI is InChI=1S/C10H18O3S/c1-5-6-9(11)13-10(7(2)3)12-8(4)14/h7,10H,5-6H2,1-4H3. The van der Waals surface area contributed by atoms with Crippen LogP contribution in [0.25, 0.3) is 0 Å². The zero-order valence-electron chi connectivity index (χ0n) is 9.20. The van der Waals surface area contributed by atoms with E-state index < -0.39 is 6.29 Å². The first-order chi connectivity index (χ1) is 6.47. The van der Waals surface area contributed by atoms with Crippen molar-refractivity contribution in [1.82, 2.24) is 0 Å². The van der Waals surface area contributed by atoms with E-state index in [1.54, 1.807) is 6.92 Å². The maximum absolute atomic E-state index is 11.2. The molecule has 4 heteroatoms. The molecule has 0 aliphatic carbocycles. The van der Waals surface area contributed by atoms with Gasteiger partial charge in [0.1, 0.15) is 0 Å². The molecule has 0 aromatic rings. The minimum absolute atomic E-state index is 0.105. The van der Waals surface area contributed by atoms with Gasteiger partial charge in [-0.15, -0.1) is 0 Å². The van der Waals surface area contributed by atoms with Gasteiger partial charge in [0, 0.05) is 19.3 Å². The average molecular weight is 218 g/mol. The maximum atomic E-state index is 11.2. The molecule has 3 nitrogen and oxygen atoms in total. The van der Waals surface area contributed by atoms with E-state index in [1.807, 2.05) is 20.8 Å². The zero-order valence-corrected chi connectivity index (χ0v) is 10.0. The molecular weight excluding hydrogens is 200 g/mol. The van der Waals surface area contributed by atoms with E-state index >= 15 is 0 Å². The van der Waals surface area contributed by atoms with Crippen LogP contribution in [0.2, 0.25) is 0 Å². The highest BCUT2D eigenvalue weighted by Gasteiger charge is 2.19. The first-order valence-corrected chi connectivity index (χ1v) is 5.24. The van der Waals surface area contributed by atoms with E-state index in [4.69, 9.17) is 21.7 Å². The number of carbonyl (C=O) groups excluding carboxylic acids is 1. The van der Waals surface area contributed by atoms with Crippen LogP contribution in [-0.4, -0.2) is 17.3 Å². The summed E-state index contributed by atoms with van der Waals surface area (Å²) in [5, 5.41) is 0.396. The number of hydrogen-bond donors (Lipinski definition) is 0. The Morgan fingerprint density at radius 1 is 1.36 bits per heavy atom. The van der Waals surface area contributed by atoms with Gasteiger partial charge >= 0.3 is 5.97 Å². The summed E-state index contributed by atoms with van der Waals surface area (Å²) in [5.41, 5.74) is 0. The summed E-state index contributed by atoms with van der Waals surface area (Å²) in [6.07, 6.45) is 0.648. The fourth-order valence-electron chi connectivity index (χ4n) is 0.852. The molecule has 0 aliphatic heterocycles. The summed E-state index contributed by atoms with van der Waals surface area (Å²) in [5.74, 6) is -0.129. The molecule has 14 heavy (non-hydrogen) atoms. The molecule has 0 aromatic carbocycles. The Morgan fingerprint density at radius 2 is 1.93 bits per heavy atom. The van der Waals surface area contributed by atoms with Gasteiger partial charge < -0.3 is 9.47 Å². The van der Waals surface area contributed by atoms with Crippen LogP contribution in [0.5, 0.6) is 0 Å². The molecule has 0 heterocycles. The summed E-state index contributed by atoms with van der Waals surface area (Å²) >= 11 is 4.79. The van der Waals surface area contributed by atoms with Gasteiger partial charge in [0.25, 0.3) is 0 Å². The predicted molar refractivity (Wildman–Crippen MR) is 59.0 cm³/mol. The third kappa shape index (κ3) is 5.91. The van der Waals surface area contributed by atoms with Crippen molar-refractivity contribution in [3.05, 3.63) is 0 Å². The van der Waals surface area contributed by atoms with Gasteiger partial charge in [0.05, 0.1) is 0 Å². The molecule has 0 saturated heterocycles. The van der Waals surface area contributed by atoms with Crippen molar-refractivity contribution >= 4 is 23.2 Å². The highest BCUT2D eigenvalue weighted by Crippen LogP contribution is 2.10. The lowest BCUT2D eigenvalue weighted by molar-refractivity contribution is -0.171. The molecular formula is C10H18O3S. The van der Waals surface area contributed by atoms with Gasteiger partial charge in [-0.1, -0.05) is 20.8 Å². The molecule has 0 rings (SSSR count). The molecule has 0 aliphatic rings. The fourth-order valence-corrected chi connectivity index (χ4v) is 0.947. The largest absolute Gasteiger partial charge is 0.448 e. The minimum Gasteiger partial charge on any atom is -0.448 e. The monoisotopic (exact) mass is 218 g/mol. The summed E-state index contributed by atoms with van der Waals surface area (Å²) in [4.78, 5) is 11.2. The first-order valence-electron chi connectivity index (χ1n) is 4.84. The third-order valence-corrected chi connectivity index (χ3v) is 1.62. The molecule has 0 amide bonds. The Bertz CT molecular complexity index is 202. The number of hydrogen-bond acceptors (Lipinski definition) is 4. The van der Waals surface area contributed by atoms with Crippen molar-refractivity contribution in [3.63, 3.8) is 0 Å². The maximum Gasteiger partial charge on any atom is 0.308 e. The summed E-state index contributed by atoms with van der Waals surface area (Å²) in [6.45, 7) is 7.43. The summed E-state index contributed by atoms with van der Waals surface area (Å²) in [7, 11) is 0. The lowest BCUT2D eigenvalue weighted by Crippen LogP contribution is -2.27. The molecule has 1 unspecified atom stereocenters. The molecule has 0 fully saturated rings. The molecule has 1 atom stereocenters. The van der Waals surface area contributed by atoms with Crippen LogP contribution >= 0.6 is 12.2 Å². The molecule has 0 bridgehead atoms. The number of thiocarbonyl (C=S) groups is 1. The van der Waals surface area contributed by atoms with Crippen LogP contribution in [0.4, 0.5) is 0 Å². The molecule has 0 radical (unpaired) electrons. The Labute approximate surface area is 90.8 Å². The number of esters is 1. The lowest BCUT2D eigenvalue weighted by atomic mass is 10.2. The molecule has 0 saturated carbocycles. The molecule has 82 valence electrons. The van der Waals surface area contributed by atoms with Crippen LogP contribution in [0.3, 0.4) is 0 Å². The van der Waals surface area contributed by atoms with Gasteiger partial charge in [-0.3, -0.25) is 4.79 Å². The van der Waals surface area contributed by atoms with Gasteiger partial charge in [-0.05, 0) is 18.6 Å². The van der Waals surface area contributed by atoms with Crippen molar-refractivity contribution in [2.24, 2.45) is 5.92 Å². The van der Waals surface area contributed by atoms with Crippen molar-refractivity contribution < 1.29 is 14.3 Å². The van der Waals surface area contributed by atoms with Gasteiger partial charge in [0.2, 0.25) is 6.29 Å². The average Bonchev–Trinajstić information content (AvgIpc) is 2.02. The van der Waals surface area contributed by atoms with Gasteiger partial charge in [-0.25, -0.2) is 0 Å². The van der Waals surface area contributed by atoms with Crippen LogP contribution in [-0.2, 0) is 14.3 Å². The highest BCUT2D eigenvalue weighted by molar-refractivity contribution is 7.80. The summed E-state index contributed by atoms with van der Waals surface area (Å²) < 4.78 is 10.3.